The summed E-state index contributed by atoms with van der Waals surface area (Å²) in [6.07, 6.45) is -2.15. The van der Waals surface area contributed by atoms with Crippen molar-refractivity contribution < 1.29 is 44.7 Å². The molecule has 11 heteroatoms. The van der Waals surface area contributed by atoms with Crippen LogP contribution in [0.3, 0.4) is 0 Å². The SMILES string of the molecule is CCC(O)(NCC(=O)O)C(CC(=O)O)(CC(=O)O)NCC(=O)O. The van der Waals surface area contributed by atoms with E-state index in [2.05, 4.69) is 10.6 Å². The van der Waals surface area contributed by atoms with E-state index < -0.39 is 61.1 Å². The number of carboxylic acid groups (broad SMARTS) is 4. The van der Waals surface area contributed by atoms with Crippen molar-refractivity contribution >= 4 is 23.9 Å². The van der Waals surface area contributed by atoms with E-state index in [1.54, 1.807) is 0 Å². The Bertz CT molecular complexity index is 463. The van der Waals surface area contributed by atoms with Gasteiger partial charge in [0.2, 0.25) is 0 Å². The van der Waals surface area contributed by atoms with Gasteiger partial charge in [-0.25, -0.2) is 0 Å². The molecule has 0 aliphatic rings. The number of rotatable bonds is 12. The first kappa shape index (κ1) is 20.8. The fourth-order valence-corrected chi connectivity index (χ4v) is 2.24. The van der Waals surface area contributed by atoms with Crippen molar-refractivity contribution in [3.05, 3.63) is 0 Å². The van der Waals surface area contributed by atoms with Gasteiger partial charge in [0, 0.05) is 0 Å². The molecule has 0 fully saturated rings. The van der Waals surface area contributed by atoms with E-state index >= 15 is 0 Å². The third-order valence-electron chi connectivity index (χ3n) is 3.32. The summed E-state index contributed by atoms with van der Waals surface area (Å²) in [7, 11) is 0. The summed E-state index contributed by atoms with van der Waals surface area (Å²) in [6.45, 7) is -0.229. The molecule has 0 radical (unpaired) electrons. The van der Waals surface area contributed by atoms with E-state index in [9.17, 15) is 24.3 Å². The van der Waals surface area contributed by atoms with Crippen LogP contribution in [0, 0.1) is 0 Å². The smallest absolute Gasteiger partial charge is 0.317 e. The van der Waals surface area contributed by atoms with Crippen LogP contribution in [0.4, 0.5) is 0 Å². The number of hydrogen-bond donors (Lipinski definition) is 7. The first-order valence-corrected chi connectivity index (χ1v) is 6.57. The second-order valence-corrected chi connectivity index (χ2v) is 4.93. The van der Waals surface area contributed by atoms with E-state index in [0.29, 0.717) is 0 Å². The van der Waals surface area contributed by atoms with Crippen molar-refractivity contribution in [2.75, 3.05) is 13.1 Å². The molecule has 0 rings (SSSR count). The lowest BCUT2D eigenvalue weighted by atomic mass is 9.78. The molecule has 0 saturated carbocycles. The summed E-state index contributed by atoms with van der Waals surface area (Å²) in [5, 5.41) is 50.6. The highest BCUT2D eigenvalue weighted by atomic mass is 16.4. The minimum Gasteiger partial charge on any atom is -0.481 e. The molecule has 0 heterocycles. The van der Waals surface area contributed by atoms with Crippen molar-refractivity contribution in [2.45, 2.75) is 37.5 Å². The highest BCUT2D eigenvalue weighted by Gasteiger charge is 2.52. The molecule has 0 saturated heterocycles. The first-order valence-electron chi connectivity index (χ1n) is 6.57. The van der Waals surface area contributed by atoms with Gasteiger partial charge in [-0.2, -0.15) is 0 Å². The van der Waals surface area contributed by atoms with Crippen LogP contribution in [-0.2, 0) is 19.2 Å². The van der Waals surface area contributed by atoms with Gasteiger partial charge in [-0.3, -0.25) is 29.8 Å². The minimum atomic E-state index is -2.28. The predicted octanol–water partition coefficient (Wildman–Crippen LogP) is -1.88. The average Bonchev–Trinajstić information content (AvgIpc) is 2.40. The Morgan fingerprint density at radius 3 is 1.48 bits per heavy atom. The van der Waals surface area contributed by atoms with Crippen LogP contribution >= 0.6 is 0 Å². The molecular weight excluding hydrogens is 316 g/mol. The molecule has 0 aliphatic carbocycles. The van der Waals surface area contributed by atoms with Gasteiger partial charge in [-0.15, -0.1) is 0 Å². The van der Waals surface area contributed by atoms with E-state index in [4.69, 9.17) is 20.4 Å². The van der Waals surface area contributed by atoms with Crippen molar-refractivity contribution in [1.29, 1.82) is 0 Å². The van der Waals surface area contributed by atoms with Crippen LogP contribution in [0.1, 0.15) is 26.2 Å². The van der Waals surface area contributed by atoms with Crippen LogP contribution in [0.25, 0.3) is 0 Å². The molecule has 0 aromatic heterocycles. The number of nitrogens with one attached hydrogen (secondary N) is 2. The Hall–Kier alpha value is -2.24. The van der Waals surface area contributed by atoms with Gasteiger partial charge >= 0.3 is 23.9 Å². The maximum Gasteiger partial charge on any atom is 0.317 e. The molecular formula is C12H20N2O9. The monoisotopic (exact) mass is 336 g/mol. The molecule has 7 N–H and O–H groups in total. The second kappa shape index (κ2) is 8.41. The Kier molecular flexibility index (Phi) is 7.59. The molecule has 0 aliphatic heterocycles. The van der Waals surface area contributed by atoms with Crippen molar-refractivity contribution in [1.82, 2.24) is 10.6 Å². The van der Waals surface area contributed by atoms with E-state index in [1.807, 2.05) is 0 Å². The van der Waals surface area contributed by atoms with E-state index in [-0.39, 0.29) is 6.42 Å². The Labute approximate surface area is 130 Å². The van der Waals surface area contributed by atoms with Crippen molar-refractivity contribution in [3.63, 3.8) is 0 Å². The summed E-state index contributed by atoms with van der Waals surface area (Å²) in [5.41, 5.74) is -4.41. The Morgan fingerprint density at radius 2 is 1.17 bits per heavy atom. The average molecular weight is 336 g/mol. The quantitative estimate of drug-likeness (QED) is 0.197. The van der Waals surface area contributed by atoms with Crippen LogP contribution in [0.2, 0.25) is 0 Å². The van der Waals surface area contributed by atoms with Crippen molar-refractivity contribution in [2.24, 2.45) is 0 Å². The molecule has 23 heavy (non-hydrogen) atoms. The van der Waals surface area contributed by atoms with E-state index in [1.165, 1.54) is 6.92 Å². The molecule has 0 spiro atoms. The molecule has 0 amide bonds. The predicted molar refractivity (Wildman–Crippen MR) is 73.8 cm³/mol. The lowest BCUT2D eigenvalue weighted by molar-refractivity contribution is -0.158. The van der Waals surface area contributed by atoms with Gasteiger partial charge in [0.1, 0.15) is 5.72 Å². The topological polar surface area (TPSA) is 193 Å². The zero-order valence-electron chi connectivity index (χ0n) is 12.4. The number of carbonyl (C=O) groups is 4. The number of aliphatic hydroxyl groups is 1. The van der Waals surface area contributed by atoms with Crippen LogP contribution in [-0.4, -0.2) is 73.8 Å². The zero-order valence-corrected chi connectivity index (χ0v) is 12.4. The minimum absolute atomic E-state index is 0.270. The molecule has 132 valence electrons. The van der Waals surface area contributed by atoms with Gasteiger partial charge in [0.05, 0.1) is 31.5 Å². The largest absolute Gasteiger partial charge is 0.481 e. The number of aliphatic carboxylic acids is 4. The number of carboxylic acids is 4. The molecule has 0 aromatic rings. The normalized spacial score (nSPS) is 14.0. The summed E-state index contributed by atoms with van der Waals surface area (Å²) < 4.78 is 0. The van der Waals surface area contributed by atoms with Gasteiger partial charge in [0.25, 0.3) is 0 Å². The maximum absolute atomic E-state index is 11.1. The fraction of sp³-hybridized carbons (Fsp3) is 0.667. The van der Waals surface area contributed by atoms with Crippen LogP contribution in [0.5, 0.6) is 0 Å². The maximum atomic E-state index is 11.1. The van der Waals surface area contributed by atoms with Crippen LogP contribution < -0.4 is 10.6 Å². The Balaban J connectivity index is 5.85. The molecule has 1 atom stereocenters. The highest BCUT2D eigenvalue weighted by Crippen LogP contribution is 2.31. The lowest BCUT2D eigenvalue weighted by Crippen LogP contribution is -2.71. The molecule has 11 nitrogen and oxygen atoms in total. The second-order valence-electron chi connectivity index (χ2n) is 4.93. The first-order chi connectivity index (χ1) is 10.5. The lowest BCUT2D eigenvalue weighted by Gasteiger charge is -2.46. The highest BCUT2D eigenvalue weighted by molar-refractivity contribution is 5.75. The van der Waals surface area contributed by atoms with Gasteiger partial charge in [-0.1, -0.05) is 6.92 Å². The molecule has 0 bridgehead atoms. The zero-order chi connectivity index (χ0) is 18.3. The van der Waals surface area contributed by atoms with Gasteiger partial charge in [0.15, 0.2) is 0 Å². The third-order valence-corrected chi connectivity index (χ3v) is 3.32. The van der Waals surface area contributed by atoms with Gasteiger partial charge in [-0.05, 0) is 6.42 Å². The van der Waals surface area contributed by atoms with Crippen molar-refractivity contribution in [3.8, 4) is 0 Å². The fourth-order valence-electron chi connectivity index (χ4n) is 2.24. The molecule has 1 unspecified atom stereocenters. The molecule has 0 aromatic carbocycles. The summed E-state index contributed by atoms with van der Waals surface area (Å²) in [5.74, 6) is -5.75. The summed E-state index contributed by atoms with van der Waals surface area (Å²) >= 11 is 0. The summed E-state index contributed by atoms with van der Waals surface area (Å²) in [4.78, 5) is 43.6. The number of hydrogen-bond acceptors (Lipinski definition) is 7. The van der Waals surface area contributed by atoms with Gasteiger partial charge < -0.3 is 25.5 Å². The Morgan fingerprint density at radius 1 is 0.783 bits per heavy atom. The summed E-state index contributed by atoms with van der Waals surface area (Å²) in [6, 6.07) is 0. The third kappa shape index (κ3) is 6.18. The standard InChI is InChI=1S/C12H20N2O9/c1-2-12(23,14-6-10(21)22)11(3-7(15)16,4-8(17)18)13-5-9(19)20/h13-14,23H,2-6H2,1H3,(H,15,16)(H,17,18)(H,19,20)(H,21,22). The van der Waals surface area contributed by atoms with E-state index in [0.717, 1.165) is 0 Å². The van der Waals surface area contributed by atoms with Crippen LogP contribution in [0.15, 0.2) is 0 Å².